The summed E-state index contributed by atoms with van der Waals surface area (Å²) in [6.45, 7) is 0.398. The maximum absolute atomic E-state index is 13.1. The summed E-state index contributed by atoms with van der Waals surface area (Å²) in [5.74, 6) is 0.450. The second-order valence-corrected chi connectivity index (χ2v) is 7.11. The van der Waals surface area contributed by atoms with E-state index in [0.717, 1.165) is 22.0 Å². The van der Waals surface area contributed by atoms with Crippen LogP contribution in [-0.4, -0.2) is 36.1 Å². The normalized spacial score (nSPS) is 12.4. The van der Waals surface area contributed by atoms with Crippen LogP contribution in [0.5, 0.6) is 0 Å². The predicted molar refractivity (Wildman–Crippen MR) is 94.0 cm³/mol. The molecule has 0 radical (unpaired) electrons. The van der Waals surface area contributed by atoms with E-state index in [0.29, 0.717) is 6.54 Å². The van der Waals surface area contributed by atoms with Crippen molar-refractivity contribution in [3.8, 4) is 0 Å². The number of hydrogen-bond donors (Lipinski definition) is 1. The lowest BCUT2D eigenvalue weighted by atomic mass is 10.1. The molecule has 23 heavy (non-hydrogen) atoms. The SMILES string of the molecule is CSCc1nc(CNC(=O)[C@H](c2ccc(F)cc2)N(C)C)cs1. The topological polar surface area (TPSA) is 45.2 Å². The van der Waals surface area contributed by atoms with Crippen molar-refractivity contribution < 1.29 is 9.18 Å². The molecule has 0 aliphatic heterocycles. The summed E-state index contributed by atoms with van der Waals surface area (Å²) in [6.07, 6.45) is 2.03. The summed E-state index contributed by atoms with van der Waals surface area (Å²) in [7, 11) is 3.65. The first-order valence-electron chi connectivity index (χ1n) is 7.13. The van der Waals surface area contributed by atoms with E-state index < -0.39 is 6.04 Å². The first-order valence-corrected chi connectivity index (χ1v) is 9.40. The first-order chi connectivity index (χ1) is 11.0. The molecule has 1 aromatic carbocycles. The number of nitrogens with zero attached hydrogens (tertiary/aromatic N) is 2. The standard InChI is InChI=1S/C16H20FN3OS2/c1-20(2)15(11-4-6-12(17)7-5-11)16(21)18-8-13-9-23-14(19-13)10-22-3/h4-7,9,15H,8,10H2,1-3H3,(H,18,21)/t15-/m0/s1. The molecular weight excluding hydrogens is 333 g/mol. The van der Waals surface area contributed by atoms with Crippen LogP contribution in [-0.2, 0) is 17.1 Å². The highest BCUT2D eigenvalue weighted by atomic mass is 32.2. The molecule has 1 aromatic heterocycles. The highest BCUT2D eigenvalue weighted by Crippen LogP contribution is 2.19. The second kappa shape index (κ2) is 8.42. The Labute approximate surface area is 144 Å². The third-order valence-corrected chi connectivity index (χ3v) is 4.90. The van der Waals surface area contributed by atoms with E-state index >= 15 is 0 Å². The smallest absolute Gasteiger partial charge is 0.242 e. The van der Waals surface area contributed by atoms with E-state index in [1.807, 2.05) is 30.6 Å². The van der Waals surface area contributed by atoms with Crippen molar-refractivity contribution in [1.82, 2.24) is 15.2 Å². The van der Waals surface area contributed by atoms with Gasteiger partial charge in [0.1, 0.15) is 16.9 Å². The Hall–Kier alpha value is -1.44. The molecule has 124 valence electrons. The first kappa shape index (κ1) is 17.9. The Morgan fingerprint density at radius 1 is 1.39 bits per heavy atom. The van der Waals surface area contributed by atoms with Crippen LogP contribution in [0, 0.1) is 5.82 Å². The fraction of sp³-hybridized carbons (Fsp3) is 0.375. The van der Waals surface area contributed by atoms with Crippen LogP contribution < -0.4 is 5.32 Å². The summed E-state index contributed by atoms with van der Waals surface area (Å²) < 4.78 is 13.1. The maximum atomic E-state index is 13.1. The van der Waals surface area contributed by atoms with E-state index in [1.54, 1.807) is 35.2 Å². The molecule has 1 N–H and O–H groups in total. The van der Waals surface area contributed by atoms with Crippen LogP contribution in [0.25, 0.3) is 0 Å². The minimum absolute atomic E-state index is 0.124. The number of hydrogen-bond acceptors (Lipinski definition) is 5. The molecule has 7 heteroatoms. The number of carbonyl (C=O) groups excluding carboxylic acids is 1. The zero-order chi connectivity index (χ0) is 16.8. The van der Waals surface area contributed by atoms with E-state index in [1.165, 1.54) is 12.1 Å². The van der Waals surface area contributed by atoms with E-state index in [2.05, 4.69) is 10.3 Å². The van der Waals surface area contributed by atoms with Crippen molar-refractivity contribution in [3.05, 3.63) is 51.7 Å². The van der Waals surface area contributed by atoms with Crippen LogP contribution in [0.3, 0.4) is 0 Å². The number of likely N-dealkylation sites (N-methyl/N-ethyl adjacent to an activating group) is 1. The van der Waals surface area contributed by atoms with Gasteiger partial charge in [-0.2, -0.15) is 11.8 Å². The van der Waals surface area contributed by atoms with Crippen molar-refractivity contribution in [3.63, 3.8) is 0 Å². The average Bonchev–Trinajstić information content (AvgIpc) is 2.95. The van der Waals surface area contributed by atoms with Crippen LogP contribution in [0.1, 0.15) is 22.3 Å². The molecule has 0 aliphatic carbocycles. The molecule has 1 atom stereocenters. The lowest BCUT2D eigenvalue weighted by Gasteiger charge is -2.23. The average molecular weight is 353 g/mol. The van der Waals surface area contributed by atoms with Gasteiger partial charge in [-0.15, -0.1) is 11.3 Å². The summed E-state index contributed by atoms with van der Waals surface area (Å²) in [4.78, 5) is 18.8. The Morgan fingerprint density at radius 2 is 2.09 bits per heavy atom. The summed E-state index contributed by atoms with van der Waals surface area (Å²) in [6, 6.07) is 5.56. The van der Waals surface area contributed by atoms with Crippen LogP contribution >= 0.6 is 23.1 Å². The van der Waals surface area contributed by atoms with Crippen LogP contribution in [0.15, 0.2) is 29.6 Å². The van der Waals surface area contributed by atoms with E-state index in [4.69, 9.17) is 0 Å². The predicted octanol–water partition coefficient (Wildman–Crippen LogP) is 3.06. The van der Waals surface area contributed by atoms with Gasteiger partial charge in [-0.3, -0.25) is 9.69 Å². The molecule has 1 heterocycles. The highest BCUT2D eigenvalue weighted by molar-refractivity contribution is 7.97. The summed E-state index contributed by atoms with van der Waals surface area (Å²) in [5.41, 5.74) is 1.62. The number of nitrogens with one attached hydrogen (secondary N) is 1. The van der Waals surface area contributed by atoms with Gasteiger partial charge >= 0.3 is 0 Å². The van der Waals surface area contributed by atoms with Crippen molar-refractivity contribution in [1.29, 1.82) is 0 Å². The Balaban J connectivity index is 2.02. The third-order valence-electron chi connectivity index (χ3n) is 3.26. The largest absolute Gasteiger partial charge is 0.349 e. The van der Waals surface area contributed by atoms with Gasteiger partial charge in [0.15, 0.2) is 0 Å². The molecule has 2 rings (SSSR count). The van der Waals surface area contributed by atoms with Gasteiger partial charge in [-0.05, 0) is 38.0 Å². The highest BCUT2D eigenvalue weighted by Gasteiger charge is 2.22. The zero-order valence-electron chi connectivity index (χ0n) is 13.4. The van der Waals surface area contributed by atoms with Crippen molar-refractivity contribution in [2.45, 2.75) is 18.3 Å². The molecule has 4 nitrogen and oxygen atoms in total. The number of amides is 1. The maximum Gasteiger partial charge on any atom is 0.242 e. The summed E-state index contributed by atoms with van der Waals surface area (Å²) >= 11 is 3.33. The monoisotopic (exact) mass is 353 g/mol. The van der Waals surface area contributed by atoms with E-state index in [9.17, 15) is 9.18 Å². The van der Waals surface area contributed by atoms with Gasteiger partial charge in [0, 0.05) is 11.1 Å². The minimum atomic E-state index is -0.458. The fourth-order valence-corrected chi connectivity index (χ4v) is 3.74. The van der Waals surface area contributed by atoms with Gasteiger partial charge in [-0.1, -0.05) is 12.1 Å². The lowest BCUT2D eigenvalue weighted by Crippen LogP contribution is -2.36. The Morgan fingerprint density at radius 3 is 2.70 bits per heavy atom. The minimum Gasteiger partial charge on any atom is -0.349 e. The molecule has 0 unspecified atom stereocenters. The van der Waals surface area contributed by atoms with Crippen molar-refractivity contribution in [2.75, 3.05) is 20.4 Å². The number of benzene rings is 1. The third kappa shape index (κ3) is 5.02. The van der Waals surface area contributed by atoms with E-state index in [-0.39, 0.29) is 11.7 Å². The molecule has 1 amide bonds. The number of halogens is 1. The van der Waals surface area contributed by atoms with Gasteiger partial charge < -0.3 is 5.32 Å². The zero-order valence-corrected chi connectivity index (χ0v) is 15.0. The number of thioether (sulfide) groups is 1. The van der Waals surface area contributed by atoms with Gasteiger partial charge in [0.05, 0.1) is 12.2 Å². The lowest BCUT2D eigenvalue weighted by molar-refractivity contribution is -0.126. The number of rotatable bonds is 7. The number of carbonyl (C=O) groups is 1. The Bertz CT molecular complexity index is 643. The van der Waals surface area contributed by atoms with Gasteiger partial charge in [-0.25, -0.2) is 9.37 Å². The molecule has 0 aliphatic rings. The number of aromatic nitrogens is 1. The molecule has 2 aromatic rings. The molecule has 0 bridgehead atoms. The molecular formula is C16H20FN3OS2. The van der Waals surface area contributed by atoms with Crippen molar-refractivity contribution in [2.24, 2.45) is 0 Å². The van der Waals surface area contributed by atoms with Gasteiger partial charge in [0.25, 0.3) is 0 Å². The molecule has 0 saturated carbocycles. The van der Waals surface area contributed by atoms with Gasteiger partial charge in [0.2, 0.25) is 5.91 Å². The molecule has 0 fully saturated rings. The Kier molecular flexibility index (Phi) is 6.56. The van der Waals surface area contributed by atoms with Crippen LogP contribution in [0.2, 0.25) is 0 Å². The number of thiazole rings is 1. The van der Waals surface area contributed by atoms with Crippen molar-refractivity contribution >= 4 is 29.0 Å². The summed E-state index contributed by atoms with van der Waals surface area (Å²) in [5, 5.41) is 5.94. The fourth-order valence-electron chi connectivity index (χ4n) is 2.22. The molecule has 0 spiro atoms. The second-order valence-electron chi connectivity index (χ2n) is 5.30. The molecule has 0 saturated heterocycles. The quantitative estimate of drug-likeness (QED) is 0.831. The van der Waals surface area contributed by atoms with Crippen LogP contribution in [0.4, 0.5) is 4.39 Å².